The van der Waals surface area contributed by atoms with Crippen LogP contribution >= 0.6 is 0 Å². The summed E-state index contributed by atoms with van der Waals surface area (Å²) in [4.78, 5) is 109. The van der Waals surface area contributed by atoms with E-state index in [4.69, 9.17) is 0 Å². The topological polar surface area (TPSA) is 241 Å². The molecule has 1 unspecified atom stereocenters. The maximum Gasteiger partial charge on any atom is 0.326 e. The molecule has 5 atom stereocenters. The lowest BCUT2D eigenvalue weighted by Gasteiger charge is -2.27. The van der Waals surface area contributed by atoms with Gasteiger partial charge in [0.25, 0.3) is 0 Å². The van der Waals surface area contributed by atoms with Crippen molar-refractivity contribution >= 4 is 58.7 Å². The van der Waals surface area contributed by atoms with Crippen LogP contribution in [0.2, 0.25) is 0 Å². The summed E-state index contributed by atoms with van der Waals surface area (Å²) >= 11 is 0. The van der Waals surface area contributed by atoms with E-state index in [9.17, 15) is 43.5 Å². The number of carboxylic acid groups (broad SMARTS) is 1. The minimum Gasteiger partial charge on any atom is -0.480 e. The third-order valence-electron chi connectivity index (χ3n) is 12.3. The van der Waals surface area contributed by atoms with Crippen molar-refractivity contribution in [2.24, 2.45) is 0 Å². The summed E-state index contributed by atoms with van der Waals surface area (Å²) < 4.78 is 0. The van der Waals surface area contributed by atoms with Crippen molar-refractivity contribution in [1.82, 2.24) is 26.6 Å². The highest BCUT2D eigenvalue weighted by Gasteiger charge is 2.34. The van der Waals surface area contributed by atoms with Crippen LogP contribution in [0.15, 0.2) is 164 Å². The highest BCUT2D eigenvalue weighted by molar-refractivity contribution is 5.98. The highest BCUT2D eigenvalue weighted by Crippen LogP contribution is 2.22. The Morgan fingerprint density at radius 1 is 0.548 bits per heavy atom. The van der Waals surface area contributed by atoms with Gasteiger partial charge in [-0.25, -0.2) is 4.79 Å². The maximum atomic E-state index is 14.8. The molecule has 0 aliphatic carbocycles. The number of hydrogen-bond acceptors (Lipinski definition) is 8. The Morgan fingerprint density at radius 3 is 1.64 bits per heavy atom. The zero-order chi connectivity index (χ0) is 51.7. The molecule has 0 saturated carbocycles. The summed E-state index contributed by atoms with van der Waals surface area (Å²) in [5.74, 6) is -5.84. The first-order valence-electron chi connectivity index (χ1n) is 24.0. The van der Waals surface area contributed by atoms with Crippen LogP contribution in [0, 0.1) is 0 Å². The average Bonchev–Trinajstić information content (AvgIpc) is 3.39. The second-order valence-corrected chi connectivity index (χ2v) is 17.8. The van der Waals surface area contributed by atoms with Crippen LogP contribution < -0.4 is 37.2 Å². The summed E-state index contributed by atoms with van der Waals surface area (Å²) in [5.41, 5.74) is 5.66. The lowest BCUT2D eigenvalue weighted by molar-refractivity contribution is -0.142. The predicted octanol–water partition coefficient (Wildman–Crippen LogP) is 5.59. The molecule has 0 aromatic heterocycles. The Labute approximate surface area is 422 Å². The van der Waals surface area contributed by atoms with Crippen LogP contribution in [0.3, 0.4) is 0 Å². The van der Waals surface area contributed by atoms with E-state index in [0.717, 1.165) is 16.7 Å². The number of hydrogen-bond donors (Lipinski definition) is 8. The molecule has 0 fully saturated rings. The van der Waals surface area contributed by atoms with Crippen LogP contribution in [0.5, 0.6) is 0 Å². The lowest BCUT2D eigenvalue weighted by atomic mass is 9.98. The van der Waals surface area contributed by atoms with E-state index in [2.05, 4.69) is 37.2 Å². The van der Waals surface area contributed by atoms with Crippen LogP contribution in [-0.4, -0.2) is 76.6 Å². The molecule has 6 aromatic rings. The van der Waals surface area contributed by atoms with E-state index in [0.29, 0.717) is 34.5 Å². The second-order valence-electron chi connectivity index (χ2n) is 17.8. The van der Waals surface area contributed by atoms with E-state index >= 15 is 0 Å². The number of nitrogens with one attached hydrogen (secondary N) is 7. The third-order valence-corrected chi connectivity index (χ3v) is 12.3. The van der Waals surface area contributed by atoms with Gasteiger partial charge in [-0.2, -0.15) is 0 Å². The summed E-state index contributed by atoms with van der Waals surface area (Å²) in [6.07, 6.45) is -0.232. The first kappa shape index (κ1) is 51.9. The molecule has 2 bridgehead atoms. The molecule has 7 amide bonds. The number of carbonyl (C=O) groups is 8. The van der Waals surface area contributed by atoms with Crippen LogP contribution in [0.1, 0.15) is 60.0 Å². The Bertz CT molecular complexity index is 2880. The fourth-order valence-electron chi connectivity index (χ4n) is 8.37. The first-order chi connectivity index (χ1) is 35.3. The number of benzene rings is 6. The van der Waals surface area contributed by atoms with E-state index in [1.165, 1.54) is 31.2 Å². The summed E-state index contributed by atoms with van der Waals surface area (Å²) in [6.45, 7) is 1.36. The number of carbonyl (C=O) groups excluding carboxylic acids is 7. The molecular formula is C57H57N7O9. The van der Waals surface area contributed by atoms with Gasteiger partial charge in [-0.05, 0) is 76.1 Å². The van der Waals surface area contributed by atoms with E-state index in [1.807, 2.05) is 84.9 Å². The quantitative estimate of drug-likeness (QED) is 0.0635. The standard InChI is InChI=1S/C57H57N7O9/c1-36(65)58-44-26-19-40(20-27-44)35-49(57(72)73)63-56(71)52-43-24-28-45(29-25-43)59-50(66)31-32-51(67)60-46(30-21-37-11-5-2-6-12-37)53(68)61-47(34-39-17-22-42(23-18-39)41-15-9-4-10-16-41)54(69)62-48(55(70)64-52)33-38-13-7-3-8-14-38/h2-20,22-29,46-49,52H,21,30-35H2,1H3,(H,58,65)(H,59,66)(H,60,67)(H,61,68)(H,62,69)(H,63,71)(H,64,70)(H,72,73)/t46-,47+,48-,49+,52?/m1/s1. The SMILES string of the molecule is CC(=O)Nc1ccc(C[C@H](NC(=O)C2NC(=O)[C@@H](Cc3ccccc3)NC(=O)[C@H](Cc3ccc(-c4ccccc4)cc3)NC(=O)[C@@H](CCc3ccccc3)NC(=O)CCC(=O)Nc3ccc2cc3)C(=O)O)cc1. The molecular weight excluding hydrogens is 927 g/mol. The van der Waals surface area contributed by atoms with Crippen molar-refractivity contribution < 1.29 is 43.5 Å². The number of aliphatic carboxylic acids is 1. The monoisotopic (exact) mass is 983 g/mol. The summed E-state index contributed by atoms with van der Waals surface area (Å²) in [7, 11) is 0. The first-order valence-corrected chi connectivity index (χ1v) is 24.0. The van der Waals surface area contributed by atoms with E-state index in [-0.39, 0.29) is 50.0 Å². The van der Waals surface area contributed by atoms with Gasteiger partial charge in [0.05, 0.1) is 0 Å². The number of carboxylic acids is 1. The van der Waals surface area contributed by atoms with Crippen molar-refractivity contribution in [3.05, 3.63) is 192 Å². The van der Waals surface area contributed by atoms with Crippen molar-refractivity contribution in [3.8, 4) is 11.1 Å². The largest absolute Gasteiger partial charge is 0.480 e. The molecule has 0 spiro atoms. The minimum atomic E-state index is -1.53. The third kappa shape index (κ3) is 15.5. The number of amides is 7. The smallest absolute Gasteiger partial charge is 0.326 e. The van der Waals surface area contributed by atoms with Crippen molar-refractivity contribution in [1.29, 1.82) is 0 Å². The van der Waals surface area contributed by atoms with Crippen LogP contribution in [0.25, 0.3) is 11.1 Å². The van der Waals surface area contributed by atoms with Crippen LogP contribution in [-0.2, 0) is 64.0 Å². The predicted molar refractivity (Wildman–Crippen MR) is 275 cm³/mol. The Kier molecular flexibility index (Phi) is 18.0. The fourth-order valence-corrected chi connectivity index (χ4v) is 8.37. The van der Waals surface area contributed by atoms with Crippen LogP contribution in [0.4, 0.5) is 11.4 Å². The van der Waals surface area contributed by atoms with Gasteiger partial charge in [-0.15, -0.1) is 0 Å². The van der Waals surface area contributed by atoms with Gasteiger partial charge in [-0.1, -0.05) is 140 Å². The summed E-state index contributed by atoms with van der Waals surface area (Å²) in [5, 5.41) is 29.6. The molecule has 16 nitrogen and oxygen atoms in total. The van der Waals surface area contributed by atoms with Crippen molar-refractivity contribution in [2.45, 2.75) is 82.1 Å². The van der Waals surface area contributed by atoms with Gasteiger partial charge in [0.2, 0.25) is 41.4 Å². The van der Waals surface area contributed by atoms with Gasteiger partial charge in [-0.3, -0.25) is 33.6 Å². The molecule has 2 heterocycles. The molecule has 8 rings (SSSR count). The number of rotatable bonds is 14. The van der Waals surface area contributed by atoms with Gasteiger partial charge in [0.15, 0.2) is 0 Å². The second kappa shape index (κ2) is 25.3. The van der Waals surface area contributed by atoms with Crippen molar-refractivity contribution in [2.75, 3.05) is 10.6 Å². The van der Waals surface area contributed by atoms with E-state index < -0.39 is 71.6 Å². The molecule has 2 aliphatic rings. The Hall–Kier alpha value is -8.92. The van der Waals surface area contributed by atoms with Gasteiger partial charge < -0.3 is 42.3 Å². The molecule has 374 valence electrons. The molecule has 0 saturated heterocycles. The fraction of sp³-hybridized carbons (Fsp3) is 0.228. The zero-order valence-corrected chi connectivity index (χ0v) is 40.1. The van der Waals surface area contributed by atoms with Gasteiger partial charge in [0, 0.05) is 50.4 Å². The summed E-state index contributed by atoms with van der Waals surface area (Å²) in [6, 6.07) is 41.0. The van der Waals surface area contributed by atoms with Crippen molar-refractivity contribution in [3.63, 3.8) is 0 Å². The van der Waals surface area contributed by atoms with E-state index in [1.54, 1.807) is 54.6 Å². The molecule has 2 aliphatic heterocycles. The number of fused-ring (bicyclic) bond motifs is 17. The number of anilines is 2. The van der Waals surface area contributed by atoms with Gasteiger partial charge in [0.1, 0.15) is 30.2 Å². The molecule has 73 heavy (non-hydrogen) atoms. The normalized spacial score (nSPS) is 18.1. The average molecular weight is 984 g/mol. The minimum absolute atomic E-state index is 0.0320. The van der Waals surface area contributed by atoms with Gasteiger partial charge >= 0.3 is 5.97 Å². The lowest BCUT2D eigenvalue weighted by Crippen LogP contribution is -2.58. The maximum absolute atomic E-state index is 14.8. The molecule has 8 N–H and O–H groups in total. The highest BCUT2D eigenvalue weighted by atomic mass is 16.4. The Balaban J connectivity index is 1.23. The molecule has 16 heteroatoms. The zero-order valence-electron chi connectivity index (χ0n) is 40.1. The molecule has 0 radical (unpaired) electrons. The Morgan fingerprint density at radius 2 is 1.05 bits per heavy atom. The molecule has 6 aromatic carbocycles. The number of aryl methyl sites for hydroxylation is 1.